The smallest absolute Gasteiger partial charge is 0.410 e. The molecule has 130 valence electrons. The highest BCUT2D eigenvalue weighted by Gasteiger charge is 2.25. The van der Waals surface area contributed by atoms with Crippen molar-refractivity contribution in [1.82, 2.24) is 4.90 Å². The number of aryl methyl sites for hydroxylation is 1. The van der Waals surface area contributed by atoms with Gasteiger partial charge in [-0.1, -0.05) is 6.08 Å². The number of ether oxygens (including phenoxy) is 1. The van der Waals surface area contributed by atoms with Crippen LogP contribution in [-0.4, -0.2) is 34.6 Å². The van der Waals surface area contributed by atoms with E-state index in [0.29, 0.717) is 30.6 Å². The molecule has 0 saturated carbocycles. The highest BCUT2D eigenvalue weighted by Crippen LogP contribution is 2.30. The zero-order chi connectivity index (χ0) is 18.1. The predicted molar refractivity (Wildman–Crippen MR) is 88.2 cm³/mol. The molecule has 0 aliphatic carbocycles. The van der Waals surface area contributed by atoms with E-state index in [-0.39, 0.29) is 6.09 Å². The molecule has 1 heterocycles. The summed E-state index contributed by atoms with van der Waals surface area (Å²) < 4.78 is 19.0. The van der Waals surface area contributed by atoms with Gasteiger partial charge in [-0.3, -0.25) is 10.1 Å². The van der Waals surface area contributed by atoms with Gasteiger partial charge in [0.15, 0.2) is 0 Å². The van der Waals surface area contributed by atoms with Crippen LogP contribution in [0.1, 0.15) is 38.3 Å². The van der Waals surface area contributed by atoms with Crippen LogP contribution in [-0.2, 0) is 4.74 Å². The monoisotopic (exact) mass is 336 g/mol. The minimum absolute atomic E-state index is 0.356. The van der Waals surface area contributed by atoms with Gasteiger partial charge < -0.3 is 9.64 Å². The third-order valence-corrected chi connectivity index (χ3v) is 3.70. The molecule has 0 unspecified atom stereocenters. The van der Waals surface area contributed by atoms with E-state index in [9.17, 15) is 19.3 Å². The highest BCUT2D eigenvalue weighted by molar-refractivity contribution is 5.74. The van der Waals surface area contributed by atoms with Gasteiger partial charge >= 0.3 is 11.8 Å². The lowest BCUT2D eigenvalue weighted by Gasteiger charge is -2.29. The molecule has 0 radical (unpaired) electrons. The molecule has 6 nitrogen and oxygen atoms in total. The van der Waals surface area contributed by atoms with Crippen molar-refractivity contribution < 1.29 is 18.8 Å². The Labute approximate surface area is 140 Å². The largest absolute Gasteiger partial charge is 0.444 e. The first-order valence-electron chi connectivity index (χ1n) is 7.70. The molecule has 0 atom stereocenters. The number of nitrogens with zero attached hydrogens (tertiary/aromatic N) is 2. The summed E-state index contributed by atoms with van der Waals surface area (Å²) in [7, 11) is 0. The number of nitro benzene ring substituents is 1. The lowest BCUT2D eigenvalue weighted by Crippen LogP contribution is -2.39. The van der Waals surface area contributed by atoms with Crippen LogP contribution in [0.3, 0.4) is 0 Å². The number of rotatable bonds is 2. The second-order valence-electron chi connectivity index (χ2n) is 6.78. The van der Waals surface area contributed by atoms with Crippen LogP contribution in [0.4, 0.5) is 14.9 Å². The Kier molecular flexibility index (Phi) is 4.91. The van der Waals surface area contributed by atoms with Crippen molar-refractivity contribution in [2.45, 2.75) is 39.7 Å². The molecule has 2 rings (SSSR count). The SMILES string of the molecule is Cc1cc(F)c([N+](=O)[O-])cc1C1=CCN(C(=O)OC(C)(C)C)CC1. The lowest BCUT2D eigenvalue weighted by molar-refractivity contribution is -0.387. The number of halogens is 1. The van der Waals surface area contributed by atoms with Crippen molar-refractivity contribution in [1.29, 1.82) is 0 Å². The van der Waals surface area contributed by atoms with Crippen LogP contribution in [0.25, 0.3) is 5.57 Å². The summed E-state index contributed by atoms with van der Waals surface area (Å²) in [6.07, 6.45) is 1.97. The number of hydrogen-bond acceptors (Lipinski definition) is 4. The van der Waals surface area contributed by atoms with Crippen LogP contribution in [0.2, 0.25) is 0 Å². The zero-order valence-electron chi connectivity index (χ0n) is 14.3. The molecule has 0 N–H and O–H groups in total. The average molecular weight is 336 g/mol. The maximum absolute atomic E-state index is 13.6. The van der Waals surface area contributed by atoms with Crippen LogP contribution in [0.5, 0.6) is 0 Å². The standard InChI is InChI=1S/C17H21FN2O4/c1-11-9-14(18)15(20(22)23)10-13(11)12-5-7-19(8-6-12)16(21)24-17(2,3)4/h5,9-10H,6-8H2,1-4H3. The fraction of sp³-hybridized carbons (Fsp3) is 0.471. The summed E-state index contributed by atoms with van der Waals surface area (Å²) in [6, 6.07) is 2.44. The predicted octanol–water partition coefficient (Wildman–Crippen LogP) is 4.07. The first kappa shape index (κ1) is 17.9. The molecule has 0 bridgehead atoms. The molecule has 0 aromatic heterocycles. The summed E-state index contributed by atoms with van der Waals surface area (Å²) in [6.45, 7) is 7.93. The number of amides is 1. The van der Waals surface area contributed by atoms with E-state index < -0.39 is 22.0 Å². The number of carbonyl (C=O) groups is 1. The number of hydrogen-bond donors (Lipinski definition) is 0. The molecule has 1 aliphatic heterocycles. The summed E-state index contributed by atoms with van der Waals surface area (Å²) >= 11 is 0. The van der Waals surface area contributed by atoms with Crippen molar-refractivity contribution in [2.75, 3.05) is 13.1 Å². The average Bonchev–Trinajstić information content (AvgIpc) is 2.45. The van der Waals surface area contributed by atoms with Gasteiger partial charge in [0.05, 0.1) is 4.92 Å². The van der Waals surface area contributed by atoms with Crippen LogP contribution < -0.4 is 0 Å². The van der Waals surface area contributed by atoms with Crippen molar-refractivity contribution in [3.8, 4) is 0 Å². The van der Waals surface area contributed by atoms with Crippen molar-refractivity contribution >= 4 is 17.4 Å². The molecule has 0 fully saturated rings. The molecule has 1 aliphatic rings. The second kappa shape index (κ2) is 6.59. The van der Waals surface area contributed by atoms with E-state index in [2.05, 4.69) is 0 Å². The Morgan fingerprint density at radius 1 is 1.38 bits per heavy atom. The molecule has 1 aromatic carbocycles. The zero-order valence-corrected chi connectivity index (χ0v) is 14.3. The third-order valence-electron chi connectivity index (χ3n) is 3.70. The first-order valence-corrected chi connectivity index (χ1v) is 7.70. The van der Waals surface area contributed by atoms with E-state index in [4.69, 9.17) is 4.74 Å². The van der Waals surface area contributed by atoms with Gasteiger partial charge in [-0.05, 0) is 56.9 Å². The normalized spacial score (nSPS) is 15.0. The van der Waals surface area contributed by atoms with Gasteiger partial charge in [-0.2, -0.15) is 4.39 Å². The van der Waals surface area contributed by atoms with Gasteiger partial charge in [0.2, 0.25) is 5.82 Å². The molecular weight excluding hydrogens is 315 g/mol. The fourth-order valence-corrected chi connectivity index (χ4v) is 2.55. The molecule has 1 amide bonds. The first-order chi connectivity index (χ1) is 11.1. The second-order valence-corrected chi connectivity index (χ2v) is 6.78. The fourth-order valence-electron chi connectivity index (χ4n) is 2.55. The molecule has 0 saturated heterocycles. The molecule has 24 heavy (non-hydrogen) atoms. The van der Waals surface area contributed by atoms with Crippen molar-refractivity contribution in [3.05, 3.63) is 45.3 Å². The Morgan fingerprint density at radius 2 is 2.04 bits per heavy atom. The van der Waals surface area contributed by atoms with Crippen LogP contribution in [0.15, 0.2) is 18.2 Å². The number of benzene rings is 1. The maximum Gasteiger partial charge on any atom is 0.410 e. The van der Waals surface area contributed by atoms with E-state index >= 15 is 0 Å². The van der Waals surface area contributed by atoms with Crippen LogP contribution in [0, 0.1) is 22.9 Å². The van der Waals surface area contributed by atoms with Gasteiger partial charge in [0, 0.05) is 19.2 Å². The maximum atomic E-state index is 13.6. The topological polar surface area (TPSA) is 72.7 Å². The van der Waals surface area contributed by atoms with E-state index in [0.717, 1.165) is 5.57 Å². The Morgan fingerprint density at radius 3 is 2.54 bits per heavy atom. The molecule has 0 spiro atoms. The van der Waals surface area contributed by atoms with Gasteiger partial charge in [-0.15, -0.1) is 0 Å². The highest BCUT2D eigenvalue weighted by atomic mass is 19.1. The Bertz CT molecular complexity index is 707. The summed E-state index contributed by atoms with van der Waals surface area (Å²) in [4.78, 5) is 23.8. The van der Waals surface area contributed by atoms with Crippen LogP contribution >= 0.6 is 0 Å². The van der Waals surface area contributed by atoms with Crippen molar-refractivity contribution in [2.24, 2.45) is 0 Å². The summed E-state index contributed by atoms with van der Waals surface area (Å²) in [5.74, 6) is -0.840. The van der Waals surface area contributed by atoms with E-state index in [1.807, 2.05) is 6.08 Å². The van der Waals surface area contributed by atoms with Crippen molar-refractivity contribution in [3.63, 3.8) is 0 Å². The number of carbonyl (C=O) groups excluding carboxylic acids is 1. The summed E-state index contributed by atoms with van der Waals surface area (Å²) in [5, 5.41) is 10.9. The summed E-state index contributed by atoms with van der Waals surface area (Å²) in [5.41, 5.74) is 1.05. The minimum Gasteiger partial charge on any atom is -0.444 e. The molecule has 7 heteroatoms. The van der Waals surface area contributed by atoms with Gasteiger partial charge in [0.1, 0.15) is 5.60 Å². The third kappa shape index (κ3) is 4.10. The number of nitro groups is 1. The van der Waals surface area contributed by atoms with E-state index in [1.165, 1.54) is 12.1 Å². The molecule has 1 aromatic rings. The van der Waals surface area contributed by atoms with Gasteiger partial charge in [-0.25, -0.2) is 4.79 Å². The Hall–Kier alpha value is -2.44. The molecular formula is C17H21FN2O4. The minimum atomic E-state index is -0.840. The van der Waals surface area contributed by atoms with Gasteiger partial charge in [0.25, 0.3) is 0 Å². The lowest BCUT2D eigenvalue weighted by atomic mass is 9.95. The Balaban J connectivity index is 2.20. The quantitative estimate of drug-likeness (QED) is 0.603. The van der Waals surface area contributed by atoms with E-state index in [1.54, 1.807) is 32.6 Å².